The van der Waals surface area contributed by atoms with Crippen LogP contribution < -0.4 is 0 Å². The van der Waals surface area contributed by atoms with Crippen LogP contribution in [0.2, 0.25) is 0 Å². The van der Waals surface area contributed by atoms with Crippen LogP contribution in [-0.4, -0.2) is 41.9 Å². The number of unbranched alkanes of at least 4 members (excludes halogenated alkanes) is 1. The lowest BCUT2D eigenvalue weighted by molar-refractivity contribution is 0.0495. The van der Waals surface area contributed by atoms with Gasteiger partial charge in [0.25, 0.3) is 0 Å². The molecule has 1 fully saturated rings. The van der Waals surface area contributed by atoms with Gasteiger partial charge in [0.1, 0.15) is 11.9 Å². The maximum atomic E-state index is 13.0. The van der Waals surface area contributed by atoms with E-state index in [9.17, 15) is 9.18 Å². The molecule has 2 atom stereocenters. The number of likely N-dealkylation sites (tertiary alicyclic amines) is 1. The number of halogens is 1. The van der Waals surface area contributed by atoms with E-state index in [-0.39, 0.29) is 17.8 Å². The molecule has 1 saturated heterocycles. The number of carbonyl (C=O) groups is 1. The van der Waals surface area contributed by atoms with Crippen molar-refractivity contribution in [2.45, 2.75) is 31.8 Å². The molecule has 20 heavy (non-hydrogen) atoms. The van der Waals surface area contributed by atoms with E-state index in [0.29, 0.717) is 6.54 Å². The highest BCUT2D eigenvalue weighted by Gasteiger charge is 2.36. The van der Waals surface area contributed by atoms with Gasteiger partial charge in [-0.3, -0.25) is 4.90 Å². The van der Waals surface area contributed by atoms with Crippen molar-refractivity contribution >= 4 is 6.16 Å². The molecule has 0 aliphatic carbocycles. The average molecular weight is 281 g/mol. The molecule has 0 amide bonds. The van der Waals surface area contributed by atoms with Crippen molar-refractivity contribution in [2.75, 3.05) is 19.6 Å². The van der Waals surface area contributed by atoms with E-state index in [1.165, 1.54) is 12.1 Å². The summed E-state index contributed by atoms with van der Waals surface area (Å²) in [6.07, 6.45) is 0.548. The average Bonchev–Trinajstić information content (AvgIpc) is 2.79. The number of hydrogen-bond acceptors (Lipinski definition) is 3. The fraction of sp³-hybridized carbons (Fsp3) is 0.533. The minimum Gasteiger partial charge on any atom is -0.450 e. The van der Waals surface area contributed by atoms with Crippen LogP contribution in [-0.2, 0) is 4.74 Å². The summed E-state index contributed by atoms with van der Waals surface area (Å²) in [5.41, 5.74) is 0.927. The molecule has 2 rings (SSSR count). The van der Waals surface area contributed by atoms with Gasteiger partial charge >= 0.3 is 6.16 Å². The maximum absolute atomic E-state index is 13.0. The van der Waals surface area contributed by atoms with Gasteiger partial charge in [-0.15, -0.1) is 0 Å². The molecule has 1 aromatic carbocycles. The molecule has 4 nitrogen and oxygen atoms in total. The van der Waals surface area contributed by atoms with Gasteiger partial charge in [0, 0.05) is 19.0 Å². The third-order valence-electron chi connectivity index (χ3n) is 3.72. The van der Waals surface area contributed by atoms with Gasteiger partial charge in [-0.1, -0.05) is 25.5 Å². The predicted octanol–water partition coefficient (Wildman–Crippen LogP) is 3.09. The largest absolute Gasteiger partial charge is 0.506 e. The molecule has 0 saturated carbocycles. The quantitative estimate of drug-likeness (QED) is 0.843. The molecule has 5 heteroatoms. The Labute approximate surface area is 118 Å². The first-order valence-electron chi connectivity index (χ1n) is 6.97. The van der Waals surface area contributed by atoms with Gasteiger partial charge in [-0.25, -0.2) is 9.18 Å². The van der Waals surface area contributed by atoms with Gasteiger partial charge in [0.2, 0.25) is 0 Å². The summed E-state index contributed by atoms with van der Waals surface area (Å²) in [5, 5.41) is 8.84. The Kier molecular flexibility index (Phi) is 4.95. The first kappa shape index (κ1) is 14.8. The van der Waals surface area contributed by atoms with Crippen molar-refractivity contribution in [3.63, 3.8) is 0 Å². The zero-order valence-electron chi connectivity index (χ0n) is 11.6. The second-order valence-corrected chi connectivity index (χ2v) is 5.19. The van der Waals surface area contributed by atoms with Crippen LogP contribution in [0.5, 0.6) is 0 Å². The van der Waals surface area contributed by atoms with Crippen molar-refractivity contribution in [3.05, 3.63) is 35.6 Å². The molecule has 0 radical (unpaired) electrons. The van der Waals surface area contributed by atoms with Crippen molar-refractivity contribution in [1.29, 1.82) is 0 Å². The number of benzene rings is 1. The van der Waals surface area contributed by atoms with Crippen molar-refractivity contribution in [3.8, 4) is 0 Å². The summed E-state index contributed by atoms with van der Waals surface area (Å²) in [5.74, 6) is -0.311. The van der Waals surface area contributed by atoms with E-state index in [4.69, 9.17) is 9.84 Å². The zero-order valence-corrected chi connectivity index (χ0v) is 11.6. The van der Waals surface area contributed by atoms with Crippen LogP contribution in [0.4, 0.5) is 9.18 Å². The highest BCUT2D eigenvalue weighted by Crippen LogP contribution is 2.30. The zero-order chi connectivity index (χ0) is 14.5. The topological polar surface area (TPSA) is 49.8 Å². The Morgan fingerprint density at radius 1 is 1.40 bits per heavy atom. The Morgan fingerprint density at radius 2 is 2.10 bits per heavy atom. The number of nitrogens with zero attached hydrogens (tertiary/aromatic N) is 1. The molecular weight excluding hydrogens is 261 g/mol. The molecule has 1 heterocycles. The van der Waals surface area contributed by atoms with E-state index in [2.05, 4.69) is 11.8 Å². The number of rotatable bonds is 5. The van der Waals surface area contributed by atoms with Gasteiger partial charge in [0.05, 0.1) is 0 Å². The maximum Gasteiger partial charge on any atom is 0.506 e. The lowest BCUT2D eigenvalue weighted by Gasteiger charge is -2.17. The smallest absolute Gasteiger partial charge is 0.450 e. The standard InChI is InChI=1S/C15H20FNO3/c1-2-3-8-17-9-13(14(10-17)20-15(18)19)11-4-6-12(16)7-5-11/h4-7,13-14H,2-3,8-10H2,1H3,(H,18,19). The Hall–Kier alpha value is -1.62. The van der Waals surface area contributed by atoms with Crippen LogP contribution in [0.25, 0.3) is 0 Å². The molecule has 2 unspecified atom stereocenters. The monoisotopic (exact) mass is 281 g/mol. The third-order valence-corrected chi connectivity index (χ3v) is 3.72. The Bertz CT molecular complexity index is 449. The molecule has 1 N–H and O–H groups in total. The summed E-state index contributed by atoms with van der Waals surface area (Å²) < 4.78 is 18.0. The lowest BCUT2D eigenvalue weighted by atomic mass is 9.96. The second-order valence-electron chi connectivity index (χ2n) is 5.19. The molecule has 110 valence electrons. The minimum absolute atomic E-state index is 0.0245. The fourth-order valence-electron chi connectivity index (χ4n) is 2.70. The Balaban J connectivity index is 2.10. The predicted molar refractivity (Wildman–Crippen MR) is 73.4 cm³/mol. The van der Waals surface area contributed by atoms with Gasteiger partial charge < -0.3 is 9.84 Å². The van der Waals surface area contributed by atoms with Crippen molar-refractivity contribution in [2.24, 2.45) is 0 Å². The van der Waals surface area contributed by atoms with Crippen LogP contribution in [0.15, 0.2) is 24.3 Å². The summed E-state index contributed by atoms with van der Waals surface area (Å²) in [4.78, 5) is 13.0. The molecule has 0 aromatic heterocycles. The molecule has 0 bridgehead atoms. The number of hydrogen-bond donors (Lipinski definition) is 1. The molecule has 1 aliphatic heterocycles. The molecular formula is C15H20FNO3. The second kappa shape index (κ2) is 6.70. The van der Waals surface area contributed by atoms with Gasteiger partial charge in [-0.05, 0) is 30.7 Å². The molecule has 1 aliphatic rings. The normalized spacial score (nSPS) is 22.9. The lowest BCUT2D eigenvalue weighted by Crippen LogP contribution is -2.26. The van der Waals surface area contributed by atoms with Crippen LogP contribution in [0, 0.1) is 5.82 Å². The van der Waals surface area contributed by atoms with Gasteiger partial charge in [0.15, 0.2) is 0 Å². The number of ether oxygens (including phenoxy) is 1. The summed E-state index contributed by atoms with van der Waals surface area (Å²) in [7, 11) is 0. The summed E-state index contributed by atoms with van der Waals surface area (Å²) in [6, 6.07) is 6.23. The Morgan fingerprint density at radius 3 is 2.70 bits per heavy atom. The van der Waals surface area contributed by atoms with Crippen LogP contribution in [0.3, 0.4) is 0 Å². The van der Waals surface area contributed by atoms with Crippen LogP contribution in [0.1, 0.15) is 31.2 Å². The minimum atomic E-state index is -1.25. The van der Waals surface area contributed by atoms with Crippen molar-refractivity contribution < 1.29 is 19.0 Å². The highest BCUT2D eigenvalue weighted by atomic mass is 19.1. The van der Waals surface area contributed by atoms with Crippen LogP contribution >= 0.6 is 0 Å². The highest BCUT2D eigenvalue weighted by molar-refractivity contribution is 5.57. The first-order chi connectivity index (χ1) is 9.60. The van der Waals surface area contributed by atoms with Crippen molar-refractivity contribution in [1.82, 2.24) is 4.90 Å². The SMILES string of the molecule is CCCCN1CC(OC(=O)O)C(c2ccc(F)cc2)C1. The number of carboxylic acid groups (broad SMARTS) is 1. The van der Waals surface area contributed by atoms with E-state index in [0.717, 1.165) is 31.5 Å². The van der Waals surface area contributed by atoms with E-state index < -0.39 is 6.16 Å². The first-order valence-corrected chi connectivity index (χ1v) is 6.97. The van der Waals surface area contributed by atoms with E-state index in [1.54, 1.807) is 12.1 Å². The molecule has 0 spiro atoms. The third kappa shape index (κ3) is 3.70. The molecule has 1 aromatic rings. The van der Waals surface area contributed by atoms with E-state index >= 15 is 0 Å². The summed E-state index contributed by atoms with van der Waals surface area (Å²) in [6.45, 7) is 4.42. The van der Waals surface area contributed by atoms with E-state index in [1.807, 2.05) is 0 Å². The summed E-state index contributed by atoms with van der Waals surface area (Å²) >= 11 is 0. The fourth-order valence-corrected chi connectivity index (χ4v) is 2.70. The van der Waals surface area contributed by atoms with Gasteiger partial charge in [-0.2, -0.15) is 0 Å².